The molecule has 5 nitrogen and oxygen atoms in total. The van der Waals surface area contributed by atoms with E-state index in [0.717, 1.165) is 26.6 Å². The van der Waals surface area contributed by atoms with Crippen molar-refractivity contribution in [1.29, 1.82) is 0 Å². The summed E-state index contributed by atoms with van der Waals surface area (Å²) < 4.78 is 5.18. The van der Waals surface area contributed by atoms with E-state index in [-0.39, 0.29) is 5.70 Å². The van der Waals surface area contributed by atoms with Crippen molar-refractivity contribution in [1.82, 2.24) is 0 Å². The van der Waals surface area contributed by atoms with Crippen LogP contribution in [0.1, 0.15) is 16.0 Å². The van der Waals surface area contributed by atoms with Crippen molar-refractivity contribution in [2.75, 3.05) is 17.3 Å². The second-order valence-corrected chi connectivity index (χ2v) is 8.27. The molecule has 0 aliphatic carbocycles. The quantitative estimate of drug-likeness (QED) is 0.540. The Labute approximate surface area is 183 Å². The Hall–Kier alpha value is -3.09. The first kappa shape index (κ1) is 20.2. The Morgan fingerprint density at radius 1 is 1.00 bits per heavy atom. The van der Waals surface area contributed by atoms with E-state index in [9.17, 15) is 9.59 Å². The molecule has 0 atom stereocenters. The summed E-state index contributed by atoms with van der Waals surface area (Å²) in [6.45, 7) is 4.03. The molecule has 1 aliphatic rings. The third-order valence-corrected chi connectivity index (χ3v) is 6.20. The van der Waals surface area contributed by atoms with Crippen LogP contribution in [0.5, 0.6) is 5.75 Å². The second kappa shape index (κ2) is 7.97. The minimum Gasteiger partial charge on any atom is -0.495 e. The smallest absolute Gasteiger partial charge is 0.282 e. The predicted octanol–water partition coefficient (Wildman–Crippen LogP) is 5.42. The molecule has 0 fully saturated rings. The lowest BCUT2D eigenvalue weighted by Crippen LogP contribution is -2.32. The van der Waals surface area contributed by atoms with Crippen molar-refractivity contribution in [3.05, 3.63) is 80.6 Å². The van der Waals surface area contributed by atoms with Crippen molar-refractivity contribution >= 4 is 51.7 Å². The molecule has 1 N–H and O–H groups in total. The van der Waals surface area contributed by atoms with E-state index in [1.54, 1.807) is 18.2 Å². The molecule has 0 spiro atoms. The van der Waals surface area contributed by atoms with E-state index in [0.29, 0.717) is 22.0 Å². The Bertz CT molecular complexity index is 1190. The summed E-state index contributed by atoms with van der Waals surface area (Å²) in [5, 5.41) is 5.38. The highest BCUT2D eigenvalue weighted by Gasteiger charge is 2.41. The van der Waals surface area contributed by atoms with Crippen LogP contribution in [0.3, 0.4) is 0 Å². The van der Waals surface area contributed by atoms with Gasteiger partial charge in [-0.15, -0.1) is 11.3 Å². The van der Waals surface area contributed by atoms with Crippen LogP contribution in [0, 0.1) is 13.8 Å². The fourth-order valence-electron chi connectivity index (χ4n) is 3.29. The maximum atomic E-state index is 13.4. The van der Waals surface area contributed by atoms with Crippen LogP contribution in [0.25, 0.3) is 5.57 Å². The molecule has 0 saturated carbocycles. The molecular formula is C23H19ClN2O3S. The number of hydrogen-bond donors (Lipinski definition) is 1. The zero-order valence-corrected chi connectivity index (χ0v) is 18.2. The number of nitrogens with one attached hydrogen (secondary N) is 1. The molecule has 30 heavy (non-hydrogen) atoms. The SMILES string of the molecule is COc1ccc(N2C(=O)C(Nc3ccc(C)c(C)c3)=C(c3cccs3)C2=O)cc1Cl. The topological polar surface area (TPSA) is 58.6 Å². The van der Waals surface area contributed by atoms with Crippen molar-refractivity contribution < 1.29 is 14.3 Å². The lowest BCUT2D eigenvalue weighted by molar-refractivity contribution is -0.120. The maximum absolute atomic E-state index is 13.4. The average molecular weight is 439 g/mol. The van der Waals surface area contributed by atoms with Crippen LogP contribution < -0.4 is 15.0 Å². The van der Waals surface area contributed by atoms with Gasteiger partial charge < -0.3 is 10.1 Å². The van der Waals surface area contributed by atoms with Gasteiger partial charge in [0.15, 0.2) is 0 Å². The minimum atomic E-state index is -0.428. The molecule has 1 aromatic heterocycles. The number of imide groups is 1. The normalized spacial score (nSPS) is 13.9. The number of carbonyl (C=O) groups is 2. The fraction of sp³-hybridized carbons (Fsp3) is 0.130. The van der Waals surface area contributed by atoms with Crippen LogP contribution in [0.4, 0.5) is 11.4 Å². The molecule has 1 aliphatic heterocycles. The van der Waals surface area contributed by atoms with Crippen LogP contribution in [0.15, 0.2) is 59.6 Å². The van der Waals surface area contributed by atoms with Crippen molar-refractivity contribution in [2.45, 2.75) is 13.8 Å². The maximum Gasteiger partial charge on any atom is 0.282 e. The number of aryl methyl sites for hydroxylation is 2. The zero-order valence-electron chi connectivity index (χ0n) is 16.7. The highest BCUT2D eigenvalue weighted by atomic mass is 35.5. The molecule has 2 amide bonds. The molecule has 3 aromatic rings. The largest absolute Gasteiger partial charge is 0.495 e. The molecule has 2 heterocycles. The van der Waals surface area contributed by atoms with E-state index in [2.05, 4.69) is 5.32 Å². The Kier molecular flexibility index (Phi) is 5.37. The van der Waals surface area contributed by atoms with Crippen LogP contribution in [0.2, 0.25) is 5.02 Å². The average Bonchev–Trinajstić information content (AvgIpc) is 3.32. The van der Waals surface area contributed by atoms with Crippen LogP contribution in [-0.4, -0.2) is 18.9 Å². The van der Waals surface area contributed by atoms with Gasteiger partial charge in [0.05, 0.1) is 23.4 Å². The minimum absolute atomic E-state index is 0.248. The molecule has 0 bridgehead atoms. The van der Waals surface area contributed by atoms with E-state index >= 15 is 0 Å². The molecule has 2 aromatic carbocycles. The Morgan fingerprint density at radius 3 is 2.43 bits per heavy atom. The monoisotopic (exact) mass is 438 g/mol. The van der Waals surface area contributed by atoms with Gasteiger partial charge in [0.25, 0.3) is 11.8 Å². The highest BCUT2D eigenvalue weighted by Crippen LogP contribution is 2.37. The standard InChI is InChI=1S/C23H19ClN2O3S/c1-13-6-7-15(11-14(13)2)25-21-20(19-5-4-10-30-19)22(27)26(23(21)28)16-8-9-18(29-3)17(24)12-16/h4-12,25H,1-3H3. The van der Waals surface area contributed by atoms with Crippen LogP contribution >= 0.6 is 22.9 Å². The number of thiophene rings is 1. The molecule has 0 saturated heterocycles. The van der Waals surface area contributed by atoms with Gasteiger partial charge in [-0.25, -0.2) is 4.90 Å². The number of halogens is 1. The van der Waals surface area contributed by atoms with Gasteiger partial charge in [0.2, 0.25) is 0 Å². The molecule has 7 heteroatoms. The number of rotatable bonds is 5. The van der Waals surface area contributed by atoms with Gasteiger partial charge in [-0.3, -0.25) is 9.59 Å². The predicted molar refractivity (Wildman–Crippen MR) is 121 cm³/mol. The molecule has 4 rings (SSSR count). The van der Waals surface area contributed by atoms with E-state index in [1.807, 2.05) is 49.6 Å². The summed E-state index contributed by atoms with van der Waals surface area (Å²) in [5.41, 5.74) is 3.97. The van der Waals surface area contributed by atoms with E-state index in [1.165, 1.54) is 18.4 Å². The van der Waals surface area contributed by atoms with E-state index < -0.39 is 11.8 Å². The summed E-state index contributed by atoms with van der Waals surface area (Å²) in [5.74, 6) is -0.350. The number of carbonyl (C=O) groups excluding carboxylic acids is 2. The zero-order chi connectivity index (χ0) is 21.4. The number of methoxy groups -OCH3 is 1. The summed E-state index contributed by atoms with van der Waals surface area (Å²) in [6, 6.07) is 14.4. The first-order valence-corrected chi connectivity index (χ1v) is 10.5. The third-order valence-electron chi connectivity index (χ3n) is 5.02. The van der Waals surface area contributed by atoms with Gasteiger partial charge in [-0.05, 0) is 66.8 Å². The summed E-state index contributed by atoms with van der Waals surface area (Å²) in [7, 11) is 1.51. The van der Waals surface area contributed by atoms with Gasteiger partial charge in [0.1, 0.15) is 11.4 Å². The van der Waals surface area contributed by atoms with Gasteiger partial charge in [-0.1, -0.05) is 23.7 Å². The summed E-state index contributed by atoms with van der Waals surface area (Å²) in [6.07, 6.45) is 0. The van der Waals surface area contributed by atoms with E-state index in [4.69, 9.17) is 16.3 Å². The summed E-state index contributed by atoms with van der Waals surface area (Å²) in [4.78, 5) is 28.6. The Balaban J connectivity index is 1.78. The Morgan fingerprint density at radius 2 is 1.80 bits per heavy atom. The van der Waals surface area contributed by atoms with Gasteiger partial charge >= 0.3 is 0 Å². The number of amides is 2. The molecule has 152 valence electrons. The number of anilines is 2. The number of ether oxygens (including phenoxy) is 1. The molecule has 0 radical (unpaired) electrons. The summed E-state index contributed by atoms with van der Waals surface area (Å²) >= 11 is 7.64. The molecular weight excluding hydrogens is 420 g/mol. The molecule has 0 unspecified atom stereocenters. The van der Waals surface area contributed by atoms with Crippen LogP contribution in [-0.2, 0) is 9.59 Å². The number of nitrogens with zero attached hydrogens (tertiary/aromatic N) is 1. The van der Waals surface area contributed by atoms with Gasteiger partial charge in [-0.2, -0.15) is 0 Å². The van der Waals surface area contributed by atoms with Gasteiger partial charge in [0, 0.05) is 10.6 Å². The number of benzene rings is 2. The third kappa shape index (κ3) is 3.49. The number of hydrogen-bond acceptors (Lipinski definition) is 5. The fourth-order valence-corrected chi connectivity index (χ4v) is 4.31. The first-order valence-electron chi connectivity index (χ1n) is 9.25. The van der Waals surface area contributed by atoms with Crippen molar-refractivity contribution in [3.63, 3.8) is 0 Å². The van der Waals surface area contributed by atoms with Crippen molar-refractivity contribution in [3.8, 4) is 5.75 Å². The highest BCUT2D eigenvalue weighted by molar-refractivity contribution is 7.11. The second-order valence-electron chi connectivity index (χ2n) is 6.92. The lowest BCUT2D eigenvalue weighted by atomic mass is 10.1. The lowest BCUT2D eigenvalue weighted by Gasteiger charge is -2.16. The van der Waals surface area contributed by atoms with Crippen molar-refractivity contribution in [2.24, 2.45) is 0 Å². The first-order chi connectivity index (χ1) is 14.4.